The third-order valence-electron chi connectivity index (χ3n) is 5.30. The van der Waals surface area contributed by atoms with Gasteiger partial charge < -0.3 is 4.90 Å². The average Bonchev–Trinajstić information content (AvgIpc) is 3.39. The summed E-state index contributed by atoms with van der Waals surface area (Å²) in [6.45, 7) is 2.17. The number of amides is 1. The van der Waals surface area contributed by atoms with Crippen molar-refractivity contribution in [3.63, 3.8) is 0 Å². The Labute approximate surface area is 153 Å². The minimum Gasteiger partial charge on any atom is -0.334 e. The Balaban J connectivity index is 1.47. The lowest BCUT2D eigenvalue weighted by molar-refractivity contribution is -0.137. The van der Waals surface area contributed by atoms with Gasteiger partial charge in [0.05, 0.1) is 6.04 Å². The van der Waals surface area contributed by atoms with Crippen molar-refractivity contribution in [3.8, 4) is 0 Å². The summed E-state index contributed by atoms with van der Waals surface area (Å²) < 4.78 is 13.5. The molecular formula is C21H24FN3O. The summed E-state index contributed by atoms with van der Waals surface area (Å²) in [6.07, 6.45) is 7.63. The topological polar surface area (TPSA) is 36.4 Å². The van der Waals surface area contributed by atoms with Crippen LogP contribution in [0.2, 0.25) is 0 Å². The maximum absolute atomic E-state index is 13.5. The number of pyridine rings is 1. The molecule has 2 aliphatic rings. The van der Waals surface area contributed by atoms with Crippen LogP contribution in [-0.2, 0) is 17.9 Å². The van der Waals surface area contributed by atoms with E-state index < -0.39 is 0 Å². The molecule has 1 unspecified atom stereocenters. The monoisotopic (exact) mass is 353 g/mol. The largest absolute Gasteiger partial charge is 0.334 e. The van der Waals surface area contributed by atoms with Gasteiger partial charge in [0.15, 0.2) is 0 Å². The summed E-state index contributed by atoms with van der Waals surface area (Å²) in [5.41, 5.74) is 2.05. The molecule has 5 heteroatoms. The van der Waals surface area contributed by atoms with E-state index in [4.69, 9.17) is 0 Å². The molecule has 4 nitrogen and oxygen atoms in total. The number of carbonyl (C=O) groups excluding carboxylic acids is 1. The van der Waals surface area contributed by atoms with Crippen LogP contribution >= 0.6 is 0 Å². The van der Waals surface area contributed by atoms with E-state index >= 15 is 0 Å². The summed E-state index contributed by atoms with van der Waals surface area (Å²) in [4.78, 5) is 21.6. The third-order valence-corrected chi connectivity index (χ3v) is 5.30. The van der Waals surface area contributed by atoms with E-state index in [1.807, 2.05) is 23.1 Å². The highest BCUT2D eigenvalue weighted by molar-refractivity contribution is 5.82. The molecule has 0 spiro atoms. The summed E-state index contributed by atoms with van der Waals surface area (Å²) in [7, 11) is 0. The van der Waals surface area contributed by atoms with Crippen LogP contribution in [0.15, 0.2) is 48.8 Å². The maximum Gasteiger partial charge on any atom is 0.240 e. The number of hydrogen-bond acceptors (Lipinski definition) is 3. The maximum atomic E-state index is 13.5. The summed E-state index contributed by atoms with van der Waals surface area (Å²) in [6, 6.07) is 10.9. The van der Waals surface area contributed by atoms with Gasteiger partial charge in [-0.15, -0.1) is 0 Å². The van der Waals surface area contributed by atoms with Crippen LogP contribution in [0.4, 0.5) is 4.39 Å². The fraction of sp³-hybridized carbons (Fsp3) is 0.429. The summed E-state index contributed by atoms with van der Waals surface area (Å²) >= 11 is 0. The van der Waals surface area contributed by atoms with Gasteiger partial charge in [-0.2, -0.15) is 0 Å². The molecule has 136 valence electrons. The summed E-state index contributed by atoms with van der Waals surface area (Å²) in [5, 5.41) is 0. The van der Waals surface area contributed by atoms with Crippen molar-refractivity contribution in [2.75, 3.05) is 6.54 Å². The van der Waals surface area contributed by atoms with Crippen molar-refractivity contribution in [1.29, 1.82) is 0 Å². The number of likely N-dealkylation sites (tertiary alicyclic amines) is 1. The van der Waals surface area contributed by atoms with Crippen molar-refractivity contribution in [3.05, 3.63) is 65.7 Å². The predicted molar refractivity (Wildman–Crippen MR) is 97.6 cm³/mol. The van der Waals surface area contributed by atoms with Gasteiger partial charge in [0, 0.05) is 31.5 Å². The first-order valence-electron chi connectivity index (χ1n) is 9.38. The third kappa shape index (κ3) is 3.93. The smallest absolute Gasteiger partial charge is 0.240 e. The first kappa shape index (κ1) is 17.2. The fourth-order valence-electron chi connectivity index (χ4n) is 3.81. The van der Waals surface area contributed by atoms with Crippen molar-refractivity contribution in [1.82, 2.24) is 14.8 Å². The lowest BCUT2D eigenvalue weighted by Crippen LogP contribution is -2.46. The van der Waals surface area contributed by atoms with Crippen molar-refractivity contribution in [2.45, 2.75) is 50.9 Å². The molecule has 2 heterocycles. The van der Waals surface area contributed by atoms with Crippen LogP contribution in [0.5, 0.6) is 0 Å². The molecule has 1 atom stereocenters. The fourth-order valence-corrected chi connectivity index (χ4v) is 3.81. The molecule has 1 aromatic carbocycles. The molecule has 1 amide bonds. The number of aromatic nitrogens is 1. The Morgan fingerprint density at radius 3 is 2.69 bits per heavy atom. The molecule has 1 aliphatic carbocycles. The van der Waals surface area contributed by atoms with Crippen molar-refractivity contribution < 1.29 is 9.18 Å². The Hall–Kier alpha value is -2.27. The second kappa shape index (κ2) is 7.54. The van der Waals surface area contributed by atoms with Gasteiger partial charge >= 0.3 is 0 Å². The van der Waals surface area contributed by atoms with Gasteiger partial charge in [-0.25, -0.2) is 4.39 Å². The lowest BCUT2D eigenvalue weighted by atomic mass is 10.1. The first-order chi connectivity index (χ1) is 12.7. The zero-order chi connectivity index (χ0) is 17.9. The minimum atomic E-state index is -0.220. The lowest BCUT2D eigenvalue weighted by Gasteiger charge is -2.30. The predicted octanol–water partition coefficient (Wildman–Crippen LogP) is 3.38. The second-order valence-electron chi connectivity index (χ2n) is 7.31. The highest BCUT2D eigenvalue weighted by atomic mass is 19.1. The van der Waals surface area contributed by atoms with E-state index in [1.54, 1.807) is 24.5 Å². The summed E-state index contributed by atoms with van der Waals surface area (Å²) in [5.74, 6) is 0.0000767. The quantitative estimate of drug-likeness (QED) is 0.799. The first-order valence-corrected chi connectivity index (χ1v) is 9.38. The van der Waals surface area contributed by atoms with E-state index in [1.165, 1.54) is 6.07 Å². The molecule has 0 N–H and O–H groups in total. The second-order valence-corrected chi connectivity index (χ2v) is 7.31. The van der Waals surface area contributed by atoms with Crippen LogP contribution < -0.4 is 0 Å². The van der Waals surface area contributed by atoms with Gasteiger partial charge in [0.1, 0.15) is 5.82 Å². The Morgan fingerprint density at radius 2 is 1.96 bits per heavy atom. The molecule has 4 rings (SSSR count). The van der Waals surface area contributed by atoms with E-state index in [9.17, 15) is 9.18 Å². The van der Waals surface area contributed by atoms with Gasteiger partial charge in [0.25, 0.3) is 0 Å². The van der Waals surface area contributed by atoms with Crippen LogP contribution in [-0.4, -0.2) is 39.3 Å². The number of benzene rings is 1. The Bertz CT molecular complexity index is 763. The molecule has 2 fully saturated rings. The zero-order valence-electron chi connectivity index (χ0n) is 14.9. The van der Waals surface area contributed by atoms with Crippen LogP contribution in [0.3, 0.4) is 0 Å². The normalized spacial score (nSPS) is 20.3. The molecule has 1 saturated carbocycles. The van der Waals surface area contributed by atoms with Gasteiger partial charge in [-0.3, -0.25) is 14.7 Å². The number of carbonyl (C=O) groups is 1. The number of rotatable bonds is 6. The highest BCUT2D eigenvalue weighted by Crippen LogP contribution is 2.31. The standard InChI is InChI=1S/C21H24FN3O/c22-18-4-1-3-17(13-18)14-24-12-2-5-20(24)21(26)25(19-6-7-19)15-16-8-10-23-11-9-16/h1,3-4,8-11,13,19-20H,2,5-7,12,14-15H2. The molecule has 26 heavy (non-hydrogen) atoms. The van der Waals surface area contributed by atoms with Gasteiger partial charge in [0.2, 0.25) is 5.91 Å². The molecule has 1 aromatic heterocycles. The van der Waals surface area contributed by atoms with Crippen molar-refractivity contribution >= 4 is 5.91 Å². The van der Waals surface area contributed by atoms with Crippen molar-refractivity contribution in [2.24, 2.45) is 0 Å². The SMILES string of the molecule is O=C(C1CCCN1Cc1cccc(F)c1)N(Cc1ccncc1)C1CC1. The molecule has 0 radical (unpaired) electrons. The van der Waals surface area contributed by atoms with Gasteiger partial charge in [-0.05, 0) is 67.6 Å². The number of hydrogen-bond donors (Lipinski definition) is 0. The zero-order valence-corrected chi connectivity index (χ0v) is 14.9. The van der Waals surface area contributed by atoms with E-state index in [0.29, 0.717) is 19.1 Å². The Morgan fingerprint density at radius 1 is 1.15 bits per heavy atom. The highest BCUT2D eigenvalue weighted by Gasteiger charge is 2.39. The molecule has 1 saturated heterocycles. The van der Waals surface area contributed by atoms with E-state index in [0.717, 1.165) is 43.4 Å². The van der Waals surface area contributed by atoms with E-state index in [2.05, 4.69) is 9.88 Å². The van der Waals surface area contributed by atoms with Crippen LogP contribution in [0.1, 0.15) is 36.8 Å². The average molecular weight is 353 g/mol. The Kier molecular flexibility index (Phi) is 4.98. The number of nitrogens with zero attached hydrogens (tertiary/aromatic N) is 3. The molecule has 0 bridgehead atoms. The van der Waals surface area contributed by atoms with Crippen LogP contribution in [0, 0.1) is 5.82 Å². The van der Waals surface area contributed by atoms with Gasteiger partial charge in [-0.1, -0.05) is 12.1 Å². The van der Waals surface area contributed by atoms with E-state index in [-0.39, 0.29) is 17.8 Å². The van der Waals surface area contributed by atoms with Crippen LogP contribution in [0.25, 0.3) is 0 Å². The minimum absolute atomic E-state index is 0.0966. The molecule has 1 aliphatic heterocycles. The number of halogens is 1. The molecular weight excluding hydrogens is 329 g/mol. The molecule has 2 aromatic rings.